The molecule has 0 fully saturated rings. The number of nitrogens with one attached hydrogen (secondary N) is 1. The van der Waals surface area contributed by atoms with Crippen LogP contribution in [0.3, 0.4) is 0 Å². The third kappa shape index (κ3) is 2.95. The van der Waals surface area contributed by atoms with Gasteiger partial charge in [-0.25, -0.2) is 13.8 Å². The second kappa shape index (κ2) is 5.80. The van der Waals surface area contributed by atoms with Crippen molar-refractivity contribution in [1.29, 1.82) is 0 Å². The predicted octanol–water partition coefficient (Wildman–Crippen LogP) is 1.92. The molecular weight excluding hydrogens is 287 g/mol. The van der Waals surface area contributed by atoms with Crippen LogP contribution < -0.4 is 11.1 Å². The number of rotatable bonds is 3. The molecule has 110 valence electrons. The van der Waals surface area contributed by atoms with Crippen molar-refractivity contribution in [1.82, 2.24) is 4.98 Å². The van der Waals surface area contributed by atoms with Gasteiger partial charge in [0.25, 0.3) is 5.91 Å². The molecule has 0 aliphatic heterocycles. The summed E-state index contributed by atoms with van der Waals surface area (Å²) in [7, 11) is 0. The average Bonchev–Trinajstić information content (AvgIpc) is 2.49. The third-order valence-electron chi connectivity index (χ3n) is 2.68. The highest BCUT2D eigenvalue weighted by atomic mass is 19.2. The van der Waals surface area contributed by atoms with Crippen molar-refractivity contribution in [2.75, 3.05) is 5.32 Å². The van der Waals surface area contributed by atoms with E-state index in [4.69, 9.17) is 10.8 Å². The molecule has 0 radical (unpaired) electrons. The molecule has 2 rings (SSSR count). The first-order valence-corrected chi connectivity index (χ1v) is 5.76. The largest absolute Gasteiger partial charge is 0.503 e. The van der Waals surface area contributed by atoms with Crippen LogP contribution >= 0.6 is 0 Å². The van der Waals surface area contributed by atoms with Crippen LogP contribution in [0.4, 0.5) is 19.0 Å². The van der Waals surface area contributed by atoms with Gasteiger partial charge in [0.05, 0.1) is 5.56 Å². The molecule has 1 aromatic heterocycles. The number of nitrogens with two attached hydrogens (primary N) is 1. The number of hydrogen-bond donors (Lipinski definition) is 3. The minimum Gasteiger partial charge on any atom is -0.503 e. The van der Waals surface area contributed by atoms with Crippen molar-refractivity contribution in [3.63, 3.8) is 0 Å². The highest BCUT2D eigenvalue weighted by molar-refractivity contribution is 6.04. The van der Waals surface area contributed by atoms with Crippen molar-refractivity contribution in [2.45, 2.75) is 6.54 Å². The highest BCUT2D eigenvalue weighted by Gasteiger charge is 2.22. The number of phenolic OH excluding ortho intramolecular Hbond substituents is 1. The number of hydrogen-bond acceptors (Lipinski definition) is 4. The van der Waals surface area contributed by atoms with Gasteiger partial charge in [-0.15, -0.1) is 0 Å². The molecular formula is C13H10F3N3O2. The van der Waals surface area contributed by atoms with E-state index in [1.54, 1.807) is 6.07 Å². The van der Waals surface area contributed by atoms with Gasteiger partial charge < -0.3 is 16.2 Å². The summed E-state index contributed by atoms with van der Waals surface area (Å²) in [6.45, 7) is 0.257. The summed E-state index contributed by atoms with van der Waals surface area (Å²) in [5.41, 5.74) is 5.25. The Morgan fingerprint density at radius 2 is 2.00 bits per heavy atom. The van der Waals surface area contributed by atoms with Crippen molar-refractivity contribution in [2.24, 2.45) is 5.73 Å². The summed E-state index contributed by atoms with van der Waals surface area (Å²) in [5.74, 6) is -7.40. The normalized spacial score (nSPS) is 10.5. The first-order chi connectivity index (χ1) is 9.93. The average molecular weight is 297 g/mol. The maximum atomic E-state index is 13.6. The molecule has 0 bridgehead atoms. The van der Waals surface area contributed by atoms with Gasteiger partial charge >= 0.3 is 0 Å². The standard InChI is InChI=1S/C13H10F3N3O2/c14-8-3-7(10(15)12(20)11(8)16)13(21)19-9-2-1-6(4-17)5-18-9/h1-3,5,20H,4,17H2,(H,18,19,21). The maximum Gasteiger partial charge on any atom is 0.260 e. The number of aromatic nitrogens is 1. The molecule has 5 nitrogen and oxygen atoms in total. The molecule has 4 N–H and O–H groups in total. The van der Waals surface area contributed by atoms with Gasteiger partial charge in [-0.05, 0) is 17.7 Å². The fraction of sp³-hybridized carbons (Fsp3) is 0.0769. The SMILES string of the molecule is NCc1ccc(NC(=O)c2cc(F)c(F)c(O)c2F)nc1. The first kappa shape index (κ1) is 14.8. The number of pyridine rings is 1. The Kier molecular flexibility index (Phi) is 4.08. The molecule has 0 unspecified atom stereocenters. The fourth-order valence-electron chi connectivity index (χ4n) is 1.56. The maximum absolute atomic E-state index is 13.6. The van der Waals surface area contributed by atoms with Crippen LogP contribution in [0, 0.1) is 17.5 Å². The quantitative estimate of drug-likeness (QED) is 0.755. The van der Waals surface area contributed by atoms with E-state index < -0.39 is 34.7 Å². The number of benzene rings is 1. The summed E-state index contributed by atoms with van der Waals surface area (Å²) in [5, 5.41) is 11.2. The van der Waals surface area contributed by atoms with Gasteiger partial charge in [0, 0.05) is 12.7 Å². The van der Waals surface area contributed by atoms with Gasteiger partial charge in [0.1, 0.15) is 5.82 Å². The number of phenols is 1. The minimum atomic E-state index is -1.76. The van der Waals surface area contributed by atoms with Gasteiger partial charge in [-0.2, -0.15) is 4.39 Å². The lowest BCUT2D eigenvalue weighted by molar-refractivity contribution is 0.102. The Morgan fingerprint density at radius 3 is 2.57 bits per heavy atom. The number of carbonyl (C=O) groups excluding carboxylic acids is 1. The van der Waals surface area contributed by atoms with Crippen LogP contribution in [-0.4, -0.2) is 16.0 Å². The molecule has 0 saturated carbocycles. The van der Waals surface area contributed by atoms with E-state index in [9.17, 15) is 18.0 Å². The van der Waals surface area contributed by atoms with Crippen LogP contribution in [0.25, 0.3) is 0 Å². The monoisotopic (exact) mass is 297 g/mol. The number of halogens is 3. The molecule has 0 aliphatic rings. The molecule has 8 heteroatoms. The second-order valence-corrected chi connectivity index (χ2v) is 4.09. The van der Waals surface area contributed by atoms with Gasteiger partial charge in [0.15, 0.2) is 17.4 Å². The zero-order chi connectivity index (χ0) is 15.6. The molecule has 0 atom stereocenters. The number of nitrogens with zero attached hydrogens (tertiary/aromatic N) is 1. The number of amides is 1. The Hall–Kier alpha value is -2.61. The van der Waals surface area contributed by atoms with Gasteiger partial charge in [-0.3, -0.25) is 4.79 Å². The zero-order valence-electron chi connectivity index (χ0n) is 10.5. The molecule has 1 amide bonds. The molecule has 2 aromatic rings. The molecule has 0 saturated heterocycles. The molecule has 21 heavy (non-hydrogen) atoms. The van der Waals surface area contributed by atoms with Crippen molar-refractivity contribution < 1.29 is 23.1 Å². The van der Waals surface area contributed by atoms with Gasteiger partial charge in [0.2, 0.25) is 5.82 Å². The minimum absolute atomic E-state index is 0.0702. The number of carbonyl (C=O) groups is 1. The van der Waals surface area contributed by atoms with E-state index in [1.165, 1.54) is 12.3 Å². The van der Waals surface area contributed by atoms with Crippen LogP contribution in [0.2, 0.25) is 0 Å². The van der Waals surface area contributed by atoms with E-state index in [2.05, 4.69) is 10.3 Å². The Bertz CT molecular complexity index is 690. The van der Waals surface area contributed by atoms with E-state index in [0.717, 1.165) is 0 Å². The summed E-state index contributed by atoms with van der Waals surface area (Å²) in [6.07, 6.45) is 1.40. The fourth-order valence-corrected chi connectivity index (χ4v) is 1.56. The highest BCUT2D eigenvalue weighted by Crippen LogP contribution is 2.26. The Balaban J connectivity index is 2.28. The van der Waals surface area contributed by atoms with Crippen molar-refractivity contribution >= 4 is 11.7 Å². The van der Waals surface area contributed by atoms with E-state index >= 15 is 0 Å². The predicted molar refractivity (Wildman–Crippen MR) is 68.1 cm³/mol. The van der Waals surface area contributed by atoms with E-state index in [-0.39, 0.29) is 12.4 Å². The van der Waals surface area contributed by atoms with Gasteiger partial charge in [-0.1, -0.05) is 6.07 Å². The van der Waals surface area contributed by atoms with Crippen LogP contribution in [-0.2, 0) is 6.54 Å². The summed E-state index contributed by atoms with van der Waals surface area (Å²) in [6, 6.07) is 3.35. The van der Waals surface area contributed by atoms with Crippen molar-refractivity contribution in [3.8, 4) is 5.75 Å². The topological polar surface area (TPSA) is 88.2 Å². The molecule has 0 aliphatic carbocycles. The third-order valence-corrected chi connectivity index (χ3v) is 2.68. The number of anilines is 1. The van der Waals surface area contributed by atoms with Crippen LogP contribution in [0.15, 0.2) is 24.4 Å². The second-order valence-electron chi connectivity index (χ2n) is 4.09. The molecule has 1 aromatic carbocycles. The first-order valence-electron chi connectivity index (χ1n) is 5.76. The van der Waals surface area contributed by atoms with Crippen LogP contribution in [0.1, 0.15) is 15.9 Å². The Labute approximate surface area is 117 Å². The lowest BCUT2D eigenvalue weighted by Crippen LogP contribution is -2.16. The lowest BCUT2D eigenvalue weighted by atomic mass is 10.1. The smallest absolute Gasteiger partial charge is 0.260 e. The van der Waals surface area contributed by atoms with E-state index in [1.807, 2.05) is 0 Å². The summed E-state index contributed by atoms with van der Waals surface area (Å²) < 4.78 is 39.6. The van der Waals surface area contributed by atoms with Crippen molar-refractivity contribution in [3.05, 3.63) is 53.0 Å². The Morgan fingerprint density at radius 1 is 1.29 bits per heavy atom. The van der Waals surface area contributed by atoms with E-state index in [0.29, 0.717) is 11.6 Å². The number of aromatic hydroxyl groups is 1. The molecule has 1 heterocycles. The summed E-state index contributed by atoms with van der Waals surface area (Å²) >= 11 is 0. The molecule has 0 spiro atoms. The zero-order valence-corrected chi connectivity index (χ0v) is 10.5. The lowest BCUT2D eigenvalue weighted by Gasteiger charge is -2.08. The van der Waals surface area contributed by atoms with Crippen LogP contribution in [0.5, 0.6) is 5.75 Å². The summed E-state index contributed by atoms with van der Waals surface area (Å²) in [4.78, 5) is 15.6.